The third-order valence-electron chi connectivity index (χ3n) is 4.27. The molecule has 1 atom stereocenters. The van der Waals surface area contributed by atoms with Crippen LogP contribution in [0.4, 0.5) is 5.82 Å². The van der Waals surface area contributed by atoms with Crippen LogP contribution in [-0.2, 0) is 11.2 Å². The normalized spacial score (nSPS) is 18.0. The molecule has 1 N–H and O–H groups in total. The second-order valence-corrected chi connectivity index (χ2v) is 6.36. The van der Waals surface area contributed by atoms with E-state index >= 15 is 0 Å². The maximum Gasteiger partial charge on any atom is 0.140 e. The van der Waals surface area contributed by atoms with Gasteiger partial charge in [-0.2, -0.15) is 0 Å². The average molecular weight is 314 g/mol. The lowest BCUT2D eigenvalue weighted by Crippen LogP contribution is -3.06. The van der Waals surface area contributed by atoms with Crippen molar-refractivity contribution >= 4 is 22.7 Å². The molecule has 1 fully saturated rings. The van der Waals surface area contributed by atoms with Gasteiger partial charge in [0.1, 0.15) is 11.6 Å². The van der Waals surface area contributed by atoms with Crippen LogP contribution in [0.3, 0.4) is 0 Å². The van der Waals surface area contributed by atoms with E-state index in [0.717, 1.165) is 41.9 Å². The van der Waals surface area contributed by atoms with Crippen molar-refractivity contribution < 1.29 is 14.8 Å². The van der Waals surface area contributed by atoms with Crippen molar-refractivity contribution in [2.24, 2.45) is 0 Å². The lowest BCUT2D eigenvalue weighted by molar-refractivity contribution is -0.858. The zero-order valence-electron chi connectivity index (χ0n) is 13.6. The molecule has 0 bridgehead atoms. The Hall–Kier alpha value is -2.21. The lowest BCUT2D eigenvalue weighted by Gasteiger charge is -2.27. The number of carbonyl (C=O) groups excluding carboxylic acids is 1. The molecule has 2 aromatic rings. The quantitative estimate of drug-likeness (QED) is 0.769. The Kier molecular flexibility index (Phi) is 4.43. The van der Waals surface area contributed by atoms with Gasteiger partial charge >= 0.3 is 0 Å². The molecule has 0 radical (unpaired) electrons. The fourth-order valence-corrected chi connectivity index (χ4v) is 3.06. The van der Waals surface area contributed by atoms with Crippen molar-refractivity contribution in [1.29, 1.82) is 0 Å². The van der Waals surface area contributed by atoms with Gasteiger partial charge in [-0.3, -0.25) is 0 Å². The standard InChI is InChI=1S/C17H22N4O2/c1-20(2)11-9-15-18-13-7-4-3-6-12(13)16(19-15)21-10-5-8-14(21)17(22)23/h3-4,6-7,14H,5,8-11H2,1-2H3,(H,22,23)/t14-/m0/s1. The Labute approximate surface area is 135 Å². The summed E-state index contributed by atoms with van der Waals surface area (Å²) < 4.78 is 0. The number of quaternary nitrogens is 1. The first-order chi connectivity index (χ1) is 11.1. The van der Waals surface area contributed by atoms with Gasteiger partial charge in [-0.15, -0.1) is 0 Å². The molecule has 122 valence electrons. The minimum Gasteiger partial charge on any atom is -0.548 e. The Morgan fingerprint density at radius 1 is 1.35 bits per heavy atom. The molecule has 0 spiro atoms. The summed E-state index contributed by atoms with van der Waals surface area (Å²) >= 11 is 0. The molecule has 1 aliphatic rings. The molecular weight excluding hydrogens is 292 g/mol. The van der Waals surface area contributed by atoms with Gasteiger partial charge in [-0.1, -0.05) is 12.1 Å². The van der Waals surface area contributed by atoms with Gasteiger partial charge in [-0.25, -0.2) is 9.97 Å². The van der Waals surface area contributed by atoms with E-state index in [9.17, 15) is 9.90 Å². The van der Waals surface area contributed by atoms with E-state index in [0.29, 0.717) is 13.0 Å². The predicted molar refractivity (Wildman–Crippen MR) is 86.3 cm³/mol. The van der Waals surface area contributed by atoms with Crippen LogP contribution < -0.4 is 14.9 Å². The van der Waals surface area contributed by atoms with E-state index in [-0.39, 0.29) is 0 Å². The number of nitrogens with one attached hydrogen (secondary N) is 1. The van der Waals surface area contributed by atoms with Crippen LogP contribution >= 0.6 is 0 Å². The number of anilines is 1. The summed E-state index contributed by atoms with van der Waals surface area (Å²) in [5.41, 5.74) is 0.866. The first-order valence-corrected chi connectivity index (χ1v) is 8.08. The fourth-order valence-electron chi connectivity index (χ4n) is 3.06. The summed E-state index contributed by atoms with van der Waals surface area (Å²) in [5, 5.41) is 12.3. The van der Waals surface area contributed by atoms with Crippen LogP contribution in [0.1, 0.15) is 18.7 Å². The van der Waals surface area contributed by atoms with Crippen molar-refractivity contribution in [2.45, 2.75) is 25.3 Å². The van der Waals surface area contributed by atoms with Gasteiger partial charge in [0.05, 0.1) is 44.6 Å². The smallest absolute Gasteiger partial charge is 0.140 e. The first-order valence-electron chi connectivity index (χ1n) is 8.08. The van der Waals surface area contributed by atoms with E-state index in [4.69, 9.17) is 4.98 Å². The number of benzene rings is 1. The Morgan fingerprint density at radius 2 is 2.13 bits per heavy atom. The number of carboxylic acid groups (broad SMARTS) is 1. The van der Waals surface area contributed by atoms with Gasteiger partial charge in [0.25, 0.3) is 0 Å². The predicted octanol–water partition coefficient (Wildman–Crippen LogP) is -0.964. The summed E-state index contributed by atoms with van der Waals surface area (Å²) in [6.07, 6.45) is 2.22. The van der Waals surface area contributed by atoms with Crippen molar-refractivity contribution in [1.82, 2.24) is 9.97 Å². The minimum atomic E-state index is -1.02. The number of para-hydroxylation sites is 1. The van der Waals surface area contributed by atoms with Crippen LogP contribution in [-0.4, -0.2) is 49.2 Å². The maximum atomic E-state index is 11.4. The van der Waals surface area contributed by atoms with E-state index < -0.39 is 12.0 Å². The monoisotopic (exact) mass is 314 g/mol. The number of carboxylic acids is 1. The van der Waals surface area contributed by atoms with E-state index in [1.54, 1.807) is 0 Å². The molecule has 1 aliphatic heterocycles. The molecule has 23 heavy (non-hydrogen) atoms. The molecule has 1 aromatic carbocycles. The van der Waals surface area contributed by atoms with Crippen LogP contribution in [0.2, 0.25) is 0 Å². The molecule has 2 heterocycles. The SMILES string of the molecule is C[NH+](C)CCc1nc(N2CCC[C@H]2C(=O)[O-])c2ccccc2n1. The molecule has 6 heteroatoms. The molecule has 0 amide bonds. The summed E-state index contributed by atoms with van der Waals surface area (Å²) in [5.74, 6) is 0.472. The molecular formula is C17H22N4O2. The van der Waals surface area contributed by atoms with Crippen molar-refractivity contribution in [3.63, 3.8) is 0 Å². The number of fused-ring (bicyclic) bond motifs is 1. The Balaban J connectivity index is 2.04. The highest BCUT2D eigenvalue weighted by atomic mass is 16.4. The number of rotatable bonds is 5. The third kappa shape index (κ3) is 3.27. The summed E-state index contributed by atoms with van der Waals surface area (Å²) in [6, 6.07) is 7.19. The molecule has 0 unspecified atom stereocenters. The second kappa shape index (κ2) is 6.50. The average Bonchev–Trinajstić information content (AvgIpc) is 3.01. The van der Waals surface area contributed by atoms with Crippen LogP contribution in [0.15, 0.2) is 24.3 Å². The zero-order valence-corrected chi connectivity index (χ0v) is 13.6. The highest BCUT2D eigenvalue weighted by Gasteiger charge is 2.28. The molecule has 3 rings (SSSR count). The fraction of sp³-hybridized carbons (Fsp3) is 0.471. The molecule has 1 aromatic heterocycles. The van der Waals surface area contributed by atoms with Crippen LogP contribution in [0, 0.1) is 0 Å². The van der Waals surface area contributed by atoms with Crippen molar-refractivity contribution in [3.05, 3.63) is 30.1 Å². The number of hydrogen-bond donors (Lipinski definition) is 1. The molecule has 0 saturated carbocycles. The molecule has 6 nitrogen and oxygen atoms in total. The van der Waals surface area contributed by atoms with Gasteiger partial charge in [0.2, 0.25) is 0 Å². The topological polar surface area (TPSA) is 73.6 Å². The van der Waals surface area contributed by atoms with Gasteiger partial charge in [0, 0.05) is 11.9 Å². The molecule has 0 aliphatic carbocycles. The van der Waals surface area contributed by atoms with Crippen molar-refractivity contribution in [2.75, 3.05) is 32.1 Å². The Bertz CT molecular complexity index is 717. The zero-order chi connectivity index (χ0) is 16.4. The number of hydrogen-bond acceptors (Lipinski definition) is 5. The van der Waals surface area contributed by atoms with Gasteiger partial charge in [-0.05, 0) is 25.0 Å². The molecule has 1 saturated heterocycles. The number of likely N-dealkylation sites (N-methyl/N-ethyl adjacent to an activating group) is 1. The number of carbonyl (C=O) groups is 1. The van der Waals surface area contributed by atoms with E-state index in [1.165, 1.54) is 4.90 Å². The van der Waals surface area contributed by atoms with Gasteiger partial charge in [0.15, 0.2) is 0 Å². The third-order valence-corrected chi connectivity index (χ3v) is 4.27. The maximum absolute atomic E-state index is 11.4. The number of aromatic nitrogens is 2. The number of nitrogens with zero attached hydrogens (tertiary/aromatic N) is 3. The first kappa shape index (κ1) is 15.7. The van der Waals surface area contributed by atoms with Crippen LogP contribution in [0.5, 0.6) is 0 Å². The van der Waals surface area contributed by atoms with E-state index in [1.807, 2.05) is 29.2 Å². The Morgan fingerprint density at radius 3 is 2.87 bits per heavy atom. The summed E-state index contributed by atoms with van der Waals surface area (Å²) in [4.78, 5) is 24.0. The largest absolute Gasteiger partial charge is 0.548 e. The van der Waals surface area contributed by atoms with Crippen LogP contribution in [0.25, 0.3) is 10.9 Å². The highest BCUT2D eigenvalue weighted by molar-refractivity contribution is 5.91. The van der Waals surface area contributed by atoms with Gasteiger partial charge < -0.3 is 19.7 Å². The van der Waals surface area contributed by atoms with Crippen molar-refractivity contribution in [3.8, 4) is 0 Å². The minimum absolute atomic E-state index is 0.597. The lowest BCUT2D eigenvalue weighted by atomic mass is 10.2. The second-order valence-electron chi connectivity index (χ2n) is 6.36. The summed E-state index contributed by atoms with van der Waals surface area (Å²) in [7, 11) is 4.18. The summed E-state index contributed by atoms with van der Waals surface area (Å²) in [6.45, 7) is 1.62. The highest BCUT2D eigenvalue weighted by Crippen LogP contribution is 2.30. The van der Waals surface area contributed by atoms with E-state index in [2.05, 4.69) is 19.1 Å². The number of aliphatic carboxylic acids is 1.